The van der Waals surface area contributed by atoms with E-state index in [0.29, 0.717) is 5.69 Å². The molecule has 1 aromatic heterocycles. The fraction of sp³-hybridized carbons (Fsp3) is 0.333. The van der Waals surface area contributed by atoms with Crippen molar-refractivity contribution in [3.8, 4) is 0 Å². The zero-order valence-electron chi connectivity index (χ0n) is 6.84. The first-order valence-electron chi connectivity index (χ1n) is 3.60. The van der Waals surface area contributed by atoms with Gasteiger partial charge in [0.1, 0.15) is 6.04 Å². The summed E-state index contributed by atoms with van der Waals surface area (Å²) in [4.78, 5) is 14.4. The first kappa shape index (κ1) is 9.85. The van der Waals surface area contributed by atoms with Crippen molar-refractivity contribution in [2.75, 3.05) is 0 Å². The summed E-state index contributed by atoms with van der Waals surface area (Å²) in [5.41, 5.74) is 0.577. The predicted molar refractivity (Wildman–Crippen MR) is 47.4 cm³/mol. The molecule has 0 amide bonds. The maximum atomic E-state index is 10.5. The lowest BCUT2D eigenvalue weighted by Gasteiger charge is -2.08. The summed E-state index contributed by atoms with van der Waals surface area (Å²) in [6, 6.07) is -0.838. The van der Waals surface area contributed by atoms with Crippen molar-refractivity contribution in [1.29, 1.82) is 0 Å². The smallest absolute Gasteiger partial charge is 0.320 e. The molecule has 0 aliphatic heterocycles. The van der Waals surface area contributed by atoms with Crippen LogP contribution in [0.4, 0.5) is 0 Å². The summed E-state index contributed by atoms with van der Waals surface area (Å²) in [6.07, 6.45) is 3.13. The number of aromatic nitrogens is 2. The maximum Gasteiger partial charge on any atom is 0.320 e. The number of carbonyl (C=O) groups is 1. The highest BCUT2D eigenvalue weighted by Gasteiger charge is 2.15. The van der Waals surface area contributed by atoms with Crippen molar-refractivity contribution in [3.05, 3.63) is 18.2 Å². The fourth-order valence-electron chi connectivity index (χ4n) is 0.912. The van der Waals surface area contributed by atoms with Crippen LogP contribution < -0.4 is 5.23 Å². The molecular formula is C6H7B2N3O2. The van der Waals surface area contributed by atoms with Gasteiger partial charge in [-0.1, -0.05) is 0 Å². The third kappa shape index (κ3) is 2.62. The van der Waals surface area contributed by atoms with Crippen LogP contribution in [0.1, 0.15) is 5.69 Å². The van der Waals surface area contributed by atoms with Crippen LogP contribution in [-0.4, -0.2) is 42.5 Å². The molecule has 0 aliphatic carbocycles. The molecule has 0 saturated heterocycles. The Labute approximate surface area is 78.0 Å². The number of aliphatic carboxylic acids is 1. The predicted octanol–water partition coefficient (Wildman–Crippen LogP) is -1.52. The van der Waals surface area contributed by atoms with Gasteiger partial charge in [0.05, 0.1) is 12.0 Å². The molecule has 2 N–H and O–H groups in total. The number of rotatable bonds is 4. The lowest BCUT2D eigenvalue weighted by Crippen LogP contribution is -2.36. The van der Waals surface area contributed by atoms with E-state index in [4.69, 9.17) is 21.1 Å². The van der Waals surface area contributed by atoms with Crippen LogP contribution >= 0.6 is 0 Å². The number of hydrogen-bond donors (Lipinski definition) is 2. The van der Waals surface area contributed by atoms with Crippen molar-refractivity contribution in [3.63, 3.8) is 0 Å². The number of hydrogen-bond acceptors (Lipinski definition) is 3. The van der Waals surface area contributed by atoms with Gasteiger partial charge in [-0.25, -0.2) is 4.98 Å². The molecule has 1 heterocycles. The van der Waals surface area contributed by atoms with Crippen LogP contribution in [0.2, 0.25) is 0 Å². The zero-order valence-corrected chi connectivity index (χ0v) is 6.84. The van der Waals surface area contributed by atoms with Gasteiger partial charge in [0.15, 0.2) is 7.98 Å². The number of nitrogens with zero attached hydrogens (tertiary/aromatic N) is 2. The zero-order chi connectivity index (χ0) is 9.84. The van der Waals surface area contributed by atoms with E-state index >= 15 is 0 Å². The molecule has 1 rings (SSSR count). The minimum atomic E-state index is -1.02. The van der Waals surface area contributed by atoms with Gasteiger partial charge in [-0.05, 0) is 0 Å². The SMILES string of the molecule is [B]NC(Cc1cn([B])cn1)C(=O)O. The summed E-state index contributed by atoms with van der Waals surface area (Å²) in [7, 11) is 10.4. The summed E-state index contributed by atoms with van der Waals surface area (Å²) < 4.78 is 1.25. The Balaban J connectivity index is 2.61. The second kappa shape index (κ2) is 4.13. The van der Waals surface area contributed by atoms with Gasteiger partial charge in [0.2, 0.25) is 7.98 Å². The maximum absolute atomic E-state index is 10.5. The number of carboxylic acids is 1. The molecule has 0 fully saturated rings. The number of imidazole rings is 1. The summed E-state index contributed by atoms with van der Waals surface area (Å²) in [5.74, 6) is -1.02. The van der Waals surface area contributed by atoms with Gasteiger partial charge in [0, 0.05) is 12.6 Å². The molecule has 1 atom stereocenters. The van der Waals surface area contributed by atoms with Crippen LogP contribution in [-0.2, 0) is 11.2 Å². The van der Waals surface area contributed by atoms with Crippen molar-refractivity contribution in [2.24, 2.45) is 0 Å². The van der Waals surface area contributed by atoms with E-state index in [1.165, 1.54) is 17.0 Å². The molecule has 0 aromatic carbocycles. The van der Waals surface area contributed by atoms with Gasteiger partial charge in [-0.3, -0.25) is 4.79 Å². The van der Waals surface area contributed by atoms with Gasteiger partial charge in [-0.2, -0.15) is 0 Å². The highest BCUT2D eigenvalue weighted by molar-refractivity contribution is 6.06. The van der Waals surface area contributed by atoms with Gasteiger partial charge >= 0.3 is 5.97 Å². The largest absolute Gasteiger partial charge is 0.480 e. The number of carboxylic acid groups (broad SMARTS) is 1. The standard InChI is InChI=1S/C6H7B2N3O2/c7-10-5(6(12)13)1-4-2-11(8)3-9-4/h2-3,5,10H,1H2,(H,12,13). The molecule has 0 aliphatic rings. The molecule has 7 heteroatoms. The quantitative estimate of drug-likeness (QED) is 0.545. The third-order valence-corrected chi connectivity index (χ3v) is 1.57. The van der Waals surface area contributed by atoms with Gasteiger partial charge in [-0.15, -0.1) is 0 Å². The average molecular weight is 175 g/mol. The van der Waals surface area contributed by atoms with E-state index in [0.717, 1.165) is 0 Å². The monoisotopic (exact) mass is 175 g/mol. The first-order chi connectivity index (χ1) is 6.13. The van der Waals surface area contributed by atoms with Crippen LogP contribution in [0.5, 0.6) is 0 Å². The average Bonchev–Trinajstić information content (AvgIpc) is 2.46. The van der Waals surface area contributed by atoms with Gasteiger partial charge < -0.3 is 14.8 Å². The highest BCUT2D eigenvalue weighted by Crippen LogP contribution is 1.99. The minimum absolute atomic E-state index is 0.204. The molecule has 4 radical (unpaired) electrons. The Kier molecular flexibility index (Phi) is 3.13. The molecule has 0 saturated carbocycles. The molecule has 13 heavy (non-hydrogen) atoms. The second-order valence-corrected chi connectivity index (χ2v) is 2.57. The van der Waals surface area contributed by atoms with Crippen LogP contribution in [0.25, 0.3) is 0 Å². The van der Waals surface area contributed by atoms with Crippen molar-refractivity contribution < 1.29 is 9.90 Å². The van der Waals surface area contributed by atoms with Crippen molar-refractivity contribution in [2.45, 2.75) is 12.5 Å². The Morgan fingerprint density at radius 2 is 2.54 bits per heavy atom. The third-order valence-electron chi connectivity index (χ3n) is 1.57. The lowest BCUT2D eigenvalue weighted by molar-refractivity contribution is -0.138. The van der Waals surface area contributed by atoms with Gasteiger partial charge in [0.25, 0.3) is 0 Å². The second-order valence-electron chi connectivity index (χ2n) is 2.57. The summed E-state index contributed by atoms with van der Waals surface area (Å²) in [6.45, 7) is 0. The highest BCUT2D eigenvalue weighted by atomic mass is 16.4. The van der Waals surface area contributed by atoms with E-state index in [1.807, 2.05) is 0 Å². The van der Waals surface area contributed by atoms with E-state index in [9.17, 15) is 4.79 Å². The molecule has 0 bridgehead atoms. The molecule has 1 unspecified atom stereocenters. The topological polar surface area (TPSA) is 67.2 Å². The van der Waals surface area contributed by atoms with E-state index in [2.05, 4.69) is 10.2 Å². The van der Waals surface area contributed by atoms with Crippen molar-refractivity contribution >= 4 is 21.9 Å². The lowest BCUT2D eigenvalue weighted by atomic mass is 10.1. The molecular weight excluding hydrogens is 168 g/mol. The molecule has 5 nitrogen and oxygen atoms in total. The van der Waals surface area contributed by atoms with Crippen LogP contribution in [0, 0.1) is 0 Å². The van der Waals surface area contributed by atoms with E-state index < -0.39 is 12.0 Å². The Hall–Kier alpha value is -1.23. The Morgan fingerprint density at radius 1 is 1.85 bits per heavy atom. The van der Waals surface area contributed by atoms with E-state index in [-0.39, 0.29) is 6.42 Å². The van der Waals surface area contributed by atoms with Crippen LogP contribution in [0.15, 0.2) is 12.5 Å². The normalized spacial score (nSPS) is 12.6. The Bertz CT molecular complexity index is 302. The van der Waals surface area contributed by atoms with E-state index in [1.54, 1.807) is 0 Å². The minimum Gasteiger partial charge on any atom is -0.480 e. The first-order valence-corrected chi connectivity index (χ1v) is 3.60. The number of nitrogens with one attached hydrogen (secondary N) is 1. The fourth-order valence-corrected chi connectivity index (χ4v) is 0.912. The Morgan fingerprint density at radius 3 is 2.92 bits per heavy atom. The summed E-state index contributed by atoms with van der Waals surface area (Å²) >= 11 is 0. The molecule has 0 spiro atoms. The summed E-state index contributed by atoms with van der Waals surface area (Å²) in [5, 5.41) is 10.8. The van der Waals surface area contributed by atoms with Crippen molar-refractivity contribution in [1.82, 2.24) is 14.7 Å². The van der Waals surface area contributed by atoms with Crippen LogP contribution in [0.3, 0.4) is 0 Å². The molecule has 64 valence electrons. The molecule has 1 aromatic rings.